The third-order valence-corrected chi connectivity index (χ3v) is 7.98. The van der Waals surface area contributed by atoms with Crippen LogP contribution >= 0.6 is 67.5 Å². The Kier molecular flexibility index (Phi) is 11.9. The van der Waals surface area contributed by atoms with E-state index in [1.54, 1.807) is 18.3 Å². The lowest BCUT2D eigenvalue weighted by Gasteiger charge is -2.27. The van der Waals surface area contributed by atoms with E-state index in [1.165, 1.54) is 0 Å². The van der Waals surface area contributed by atoms with Crippen LogP contribution in [0.3, 0.4) is 0 Å². The molecule has 5 rings (SSSR count). The van der Waals surface area contributed by atoms with Crippen molar-refractivity contribution < 1.29 is 9.47 Å². The fourth-order valence-corrected chi connectivity index (χ4v) is 5.98. The van der Waals surface area contributed by atoms with Gasteiger partial charge in [-0.25, -0.2) is 5.43 Å². The van der Waals surface area contributed by atoms with Gasteiger partial charge in [-0.1, -0.05) is 57.3 Å². The average molecular weight is 773 g/mol. The molecule has 1 fully saturated rings. The molecule has 0 unspecified atom stereocenters. The number of aromatic nitrogens is 3. The molecule has 1 aliphatic rings. The van der Waals surface area contributed by atoms with E-state index < -0.39 is 0 Å². The summed E-state index contributed by atoms with van der Waals surface area (Å²) in [5.74, 6) is 1.83. The topological polar surface area (TPSA) is 96.8 Å². The summed E-state index contributed by atoms with van der Waals surface area (Å²) in [6.45, 7) is 6.89. The van der Waals surface area contributed by atoms with E-state index in [0.29, 0.717) is 65.5 Å². The molecule has 2 heterocycles. The van der Waals surface area contributed by atoms with Crippen LogP contribution in [0.15, 0.2) is 62.6 Å². The van der Waals surface area contributed by atoms with Gasteiger partial charge >= 0.3 is 0 Å². The van der Waals surface area contributed by atoms with Gasteiger partial charge < -0.3 is 19.7 Å². The molecule has 0 aliphatic carbocycles. The number of aryl methyl sites for hydroxylation is 2. The van der Waals surface area contributed by atoms with E-state index in [0.717, 1.165) is 31.3 Å². The first-order valence-corrected chi connectivity index (χ1v) is 15.4. The number of hydrogen-bond donors (Lipinski definition) is 2. The Morgan fingerprint density at radius 1 is 1.00 bits per heavy atom. The molecule has 1 saturated heterocycles. The van der Waals surface area contributed by atoms with Crippen molar-refractivity contribution in [1.29, 1.82) is 0 Å². The molecule has 0 spiro atoms. The average Bonchev–Trinajstić information content (AvgIpc) is 2.96. The Balaban J connectivity index is 0.00000423. The summed E-state index contributed by atoms with van der Waals surface area (Å²) in [7, 11) is 0. The Labute approximate surface area is 283 Å². The normalized spacial score (nSPS) is 13.1. The minimum Gasteiger partial charge on any atom is -0.487 e. The first kappa shape index (κ1) is 33.2. The molecule has 1 aliphatic heterocycles. The second-order valence-electron chi connectivity index (χ2n) is 9.53. The minimum absolute atomic E-state index is 0. The number of ether oxygens (including phenoxy) is 2. The molecule has 43 heavy (non-hydrogen) atoms. The number of anilines is 4. The van der Waals surface area contributed by atoms with Gasteiger partial charge in [0.15, 0.2) is 0 Å². The Bertz CT molecular complexity index is 1620. The van der Waals surface area contributed by atoms with Gasteiger partial charge in [0.2, 0.25) is 17.8 Å². The highest BCUT2D eigenvalue weighted by molar-refractivity contribution is 9.11. The summed E-state index contributed by atoms with van der Waals surface area (Å²) in [4.78, 5) is 16.0. The predicted molar refractivity (Wildman–Crippen MR) is 183 cm³/mol. The number of benzene rings is 3. The molecule has 0 saturated carbocycles. The van der Waals surface area contributed by atoms with Crippen molar-refractivity contribution in [1.82, 2.24) is 15.0 Å². The quantitative estimate of drug-likeness (QED) is 0.130. The molecule has 2 N–H and O–H groups in total. The first-order valence-electron chi connectivity index (χ1n) is 13.0. The molecule has 0 bridgehead atoms. The first-order chi connectivity index (χ1) is 20.2. The van der Waals surface area contributed by atoms with Crippen molar-refractivity contribution in [3.8, 4) is 5.75 Å². The van der Waals surface area contributed by atoms with Gasteiger partial charge in [0, 0.05) is 44.4 Å². The van der Waals surface area contributed by atoms with Gasteiger partial charge in [0.25, 0.3) is 0 Å². The number of nitrogens with one attached hydrogen (secondary N) is 2. The molecule has 14 heteroatoms. The van der Waals surface area contributed by atoms with Crippen LogP contribution in [0.25, 0.3) is 0 Å². The number of morpholine rings is 1. The smallest absolute Gasteiger partial charge is 0.250 e. The largest absolute Gasteiger partial charge is 0.487 e. The number of nitrogens with zero attached hydrogens (tertiary/aromatic N) is 5. The van der Waals surface area contributed by atoms with Crippen LogP contribution in [-0.4, -0.2) is 47.5 Å². The molecule has 3 aromatic carbocycles. The summed E-state index contributed by atoms with van der Waals surface area (Å²) in [6, 6.07) is 15.3. The maximum absolute atomic E-state index is 6.35. The van der Waals surface area contributed by atoms with Crippen LogP contribution in [0, 0.1) is 13.8 Å². The molecule has 0 amide bonds. The van der Waals surface area contributed by atoms with E-state index in [-0.39, 0.29) is 19.0 Å². The van der Waals surface area contributed by atoms with Gasteiger partial charge in [-0.3, -0.25) is 0 Å². The molecule has 1 aromatic heterocycles. The van der Waals surface area contributed by atoms with Crippen LogP contribution in [0.4, 0.5) is 23.5 Å². The van der Waals surface area contributed by atoms with Gasteiger partial charge in [-0.05, 0) is 71.2 Å². The van der Waals surface area contributed by atoms with Crippen molar-refractivity contribution in [2.24, 2.45) is 5.10 Å². The van der Waals surface area contributed by atoms with Crippen molar-refractivity contribution in [3.05, 3.63) is 89.8 Å². The Morgan fingerprint density at radius 3 is 2.53 bits per heavy atom. The molecular formula is C29H28Br2Cl3N7O2. The predicted octanol–water partition coefficient (Wildman–Crippen LogP) is 8.35. The Hall–Kier alpha value is -2.67. The molecule has 0 radical (unpaired) electrons. The lowest BCUT2D eigenvalue weighted by atomic mass is 10.1. The van der Waals surface area contributed by atoms with Crippen molar-refractivity contribution in [2.75, 3.05) is 41.9 Å². The van der Waals surface area contributed by atoms with Crippen molar-refractivity contribution >= 4 is 97.2 Å². The molecular weight excluding hydrogens is 745 g/mol. The zero-order valence-electron chi connectivity index (χ0n) is 23.2. The van der Waals surface area contributed by atoms with Crippen LogP contribution in [0.5, 0.6) is 5.75 Å². The molecule has 0 atom stereocenters. The highest BCUT2D eigenvalue weighted by Gasteiger charge is 2.17. The maximum atomic E-state index is 6.35. The van der Waals surface area contributed by atoms with Gasteiger partial charge in [-0.15, -0.1) is 12.4 Å². The van der Waals surface area contributed by atoms with Gasteiger partial charge in [-0.2, -0.15) is 20.1 Å². The van der Waals surface area contributed by atoms with Crippen molar-refractivity contribution in [2.45, 2.75) is 20.5 Å². The second kappa shape index (κ2) is 15.4. The van der Waals surface area contributed by atoms with E-state index in [1.807, 2.05) is 32.0 Å². The fourth-order valence-electron chi connectivity index (χ4n) is 4.14. The summed E-state index contributed by atoms with van der Waals surface area (Å²) >= 11 is 19.5. The lowest BCUT2D eigenvalue weighted by molar-refractivity contribution is 0.122. The molecule has 9 nitrogen and oxygen atoms in total. The third-order valence-electron chi connectivity index (χ3n) is 6.35. The van der Waals surface area contributed by atoms with Gasteiger partial charge in [0.1, 0.15) is 12.4 Å². The highest BCUT2D eigenvalue weighted by Crippen LogP contribution is 2.33. The summed E-state index contributed by atoms with van der Waals surface area (Å²) in [5, 5.41) is 8.88. The van der Waals surface area contributed by atoms with E-state index >= 15 is 0 Å². The van der Waals surface area contributed by atoms with Crippen LogP contribution < -0.4 is 20.4 Å². The van der Waals surface area contributed by atoms with E-state index in [9.17, 15) is 0 Å². The number of rotatable bonds is 9. The highest BCUT2D eigenvalue weighted by atomic mass is 79.9. The van der Waals surface area contributed by atoms with Crippen LogP contribution in [0.2, 0.25) is 10.0 Å². The van der Waals surface area contributed by atoms with E-state index in [4.69, 9.17) is 32.7 Å². The second-order valence-corrected chi connectivity index (χ2v) is 12.1. The van der Waals surface area contributed by atoms with Crippen LogP contribution in [-0.2, 0) is 11.3 Å². The van der Waals surface area contributed by atoms with Gasteiger partial charge in [0.05, 0.1) is 23.9 Å². The van der Waals surface area contributed by atoms with Crippen molar-refractivity contribution in [3.63, 3.8) is 0 Å². The molecule has 226 valence electrons. The fraction of sp³-hybridized carbons (Fsp3) is 0.241. The lowest BCUT2D eigenvalue weighted by Crippen LogP contribution is -2.37. The number of halogens is 5. The van der Waals surface area contributed by atoms with Crippen LogP contribution in [0.1, 0.15) is 22.3 Å². The summed E-state index contributed by atoms with van der Waals surface area (Å²) < 4.78 is 13.3. The maximum Gasteiger partial charge on any atom is 0.250 e. The van der Waals surface area contributed by atoms with E-state index in [2.05, 4.69) is 85.8 Å². The number of hydrogen-bond acceptors (Lipinski definition) is 9. The minimum atomic E-state index is 0. The zero-order chi connectivity index (χ0) is 29.6. The number of hydrazone groups is 1. The SMILES string of the molecule is Cc1ccc(C)c(Nc2nc(N/N=C/c3cc(Br)cc(Br)c3OCc3ccc(Cl)cc3Cl)nc(N3CCOCC3)n2)c1.Cl. The Morgan fingerprint density at radius 2 is 1.77 bits per heavy atom. The zero-order valence-corrected chi connectivity index (χ0v) is 28.7. The summed E-state index contributed by atoms with van der Waals surface area (Å²) in [5.41, 5.74) is 7.62. The summed E-state index contributed by atoms with van der Waals surface area (Å²) in [6.07, 6.45) is 1.64. The molecule has 4 aromatic rings. The monoisotopic (exact) mass is 769 g/mol. The third kappa shape index (κ3) is 8.93. The standard InChI is InChI=1S/C29H27Br2Cl2N7O2.ClH/c1-17-3-4-18(2)25(11-17)35-27-36-28(38-29(37-27)40-7-9-41-10-8-40)39-34-15-20-12-21(30)13-23(31)26(20)42-16-19-5-6-22(32)14-24(19)33;/h3-6,11-15H,7-10,16H2,1-2H3,(H2,35,36,37,38,39);1H/b34-15+;.